The Kier molecular flexibility index (Phi) is 24.8. The van der Waals surface area contributed by atoms with Crippen LogP contribution in [0.4, 0.5) is 0 Å². The molecule has 0 unspecified atom stereocenters. The molecule has 154 valence electrons. The summed E-state index contributed by atoms with van der Waals surface area (Å²) in [5.41, 5.74) is 0. The van der Waals surface area contributed by atoms with Gasteiger partial charge in [-0.25, -0.2) is 0 Å². The van der Waals surface area contributed by atoms with Gasteiger partial charge in [0, 0.05) is 6.61 Å². The van der Waals surface area contributed by atoms with Crippen molar-refractivity contribution in [2.75, 3.05) is 19.0 Å². The Bertz CT molecular complexity index is 361. The van der Waals surface area contributed by atoms with Gasteiger partial charge in [-0.05, 0) is 6.42 Å². The molecule has 0 fully saturated rings. The van der Waals surface area contributed by atoms with Crippen LogP contribution in [0.3, 0.4) is 0 Å². The van der Waals surface area contributed by atoms with Gasteiger partial charge in [0.1, 0.15) is 0 Å². The molecule has 0 aliphatic carbocycles. The van der Waals surface area contributed by atoms with Gasteiger partial charge < -0.3 is 4.74 Å². The average Bonchev–Trinajstić information content (AvgIpc) is 2.56. The van der Waals surface area contributed by atoms with Crippen molar-refractivity contribution in [2.45, 2.75) is 110 Å². The van der Waals surface area contributed by atoms with E-state index in [9.17, 15) is 8.42 Å². The van der Waals surface area contributed by atoms with E-state index in [1.54, 1.807) is 0 Å². The number of hydrogen-bond acceptors (Lipinski definition) is 3. The molecule has 0 rings (SSSR count). The van der Waals surface area contributed by atoms with E-state index in [1.807, 2.05) is 0 Å². The molecule has 6 heteroatoms. The Labute approximate surface area is 185 Å². The maximum atomic E-state index is 10.5. The zero-order chi connectivity index (χ0) is 18.6. The summed E-state index contributed by atoms with van der Waals surface area (Å²) in [6.07, 6.45) is 21.4. The molecule has 0 spiro atoms. The summed E-state index contributed by atoms with van der Waals surface area (Å²) in [6, 6.07) is 0. The van der Waals surface area contributed by atoms with Crippen molar-refractivity contribution in [3.05, 3.63) is 0 Å². The monoisotopic (exact) mass is 402 g/mol. The van der Waals surface area contributed by atoms with E-state index in [0.717, 1.165) is 12.8 Å². The summed E-state index contributed by atoms with van der Waals surface area (Å²) in [5.74, 6) is -0.300. The third-order valence-electron chi connectivity index (χ3n) is 4.63. The van der Waals surface area contributed by atoms with Crippen LogP contribution in [0.1, 0.15) is 110 Å². The second kappa shape index (κ2) is 22.2. The van der Waals surface area contributed by atoms with Crippen molar-refractivity contribution < 1.29 is 17.7 Å². The van der Waals surface area contributed by atoms with Gasteiger partial charge in [-0.1, -0.05) is 103 Å². The topological polar surface area (TPSA) is 63.6 Å². The van der Waals surface area contributed by atoms with Crippen molar-refractivity contribution in [1.82, 2.24) is 0 Å². The van der Waals surface area contributed by atoms with Gasteiger partial charge >= 0.3 is 29.6 Å². The molecule has 0 heterocycles. The average molecular weight is 403 g/mol. The van der Waals surface area contributed by atoms with Crippen molar-refractivity contribution in [3.8, 4) is 0 Å². The molecule has 0 bridgehead atoms. The third kappa shape index (κ3) is 27.1. The fourth-order valence-electron chi connectivity index (χ4n) is 3.02. The van der Waals surface area contributed by atoms with Crippen LogP contribution in [0.5, 0.6) is 0 Å². The molecule has 0 aliphatic heterocycles. The van der Waals surface area contributed by atoms with Crippen molar-refractivity contribution >= 4 is 39.7 Å². The number of rotatable bonds is 20. The quantitative estimate of drug-likeness (QED) is 0.166. The Morgan fingerprint density at radius 3 is 1.31 bits per heavy atom. The summed E-state index contributed by atoms with van der Waals surface area (Å²) < 4.78 is 34.7. The van der Waals surface area contributed by atoms with Crippen molar-refractivity contribution in [3.63, 3.8) is 0 Å². The summed E-state index contributed by atoms with van der Waals surface area (Å²) in [7, 11) is -3.87. The van der Waals surface area contributed by atoms with E-state index in [2.05, 4.69) is 6.92 Å². The molecule has 4 nitrogen and oxygen atoms in total. The van der Waals surface area contributed by atoms with Crippen molar-refractivity contribution in [2.24, 2.45) is 0 Å². The summed E-state index contributed by atoms with van der Waals surface area (Å²) in [4.78, 5) is 0. The molecule has 0 aliphatic rings. The van der Waals surface area contributed by atoms with Crippen LogP contribution in [0.15, 0.2) is 0 Å². The Morgan fingerprint density at radius 2 is 0.962 bits per heavy atom. The first kappa shape index (κ1) is 29.1. The molecule has 0 saturated carbocycles. The Hall–Kier alpha value is 0.870. The second-order valence-electron chi connectivity index (χ2n) is 7.20. The van der Waals surface area contributed by atoms with E-state index in [0.29, 0.717) is 6.61 Å². The molecule has 0 aromatic heterocycles. The van der Waals surface area contributed by atoms with E-state index in [4.69, 9.17) is 9.29 Å². The molecule has 0 aromatic carbocycles. The minimum absolute atomic E-state index is 0. The summed E-state index contributed by atoms with van der Waals surface area (Å²) in [6.45, 7) is 2.96. The van der Waals surface area contributed by atoms with Crippen LogP contribution in [0, 0.1) is 0 Å². The molecule has 1 N–H and O–H groups in total. The SMILES string of the molecule is CCCCCCCCCCCCCCCCCCOCCS(=O)(=O)O.[NaH]. The summed E-state index contributed by atoms with van der Waals surface area (Å²) >= 11 is 0. The number of hydrogen-bond donors (Lipinski definition) is 1. The van der Waals surface area contributed by atoms with Crippen LogP contribution < -0.4 is 0 Å². The van der Waals surface area contributed by atoms with Crippen molar-refractivity contribution in [1.29, 1.82) is 0 Å². The first-order valence-corrected chi connectivity index (χ1v) is 12.2. The van der Waals surface area contributed by atoms with Gasteiger partial charge in [0.2, 0.25) is 0 Å². The van der Waals surface area contributed by atoms with Gasteiger partial charge in [-0.2, -0.15) is 8.42 Å². The molecule has 0 saturated heterocycles. The number of ether oxygens (including phenoxy) is 1. The minimum atomic E-state index is -3.87. The normalized spacial score (nSPS) is 11.5. The van der Waals surface area contributed by atoms with Crippen LogP contribution in [-0.4, -0.2) is 61.5 Å². The predicted octanol–water partition coefficient (Wildman–Crippen LogP) is 5.50. The molecule has 0 amide bonds. The molecule has 0 aromatic rings. The third-order valence-corrected chi connectivity index (χ3v) is 5.31. The van der Waals surface area contributed by atoms with Crippen LogP contribution >= 0.6 is 0 Å². The van der Waals surface area contributed by atoms with Gasteiger partial charge in [-0.15, -0.1) is 0 Å². The van der Waals surface area contributed by atoms with Gasteiger partial charge in [0.25, 0.3) is 10.1 Å². The van der Waals surface area contributed by atoms with Crippen LogP contribution in [0.25, 0.3) is 0 Å². The Balaban J connectivity index is 0. The predicted molar refractivity (Wildman–Crippen MR) is 114 cm³/mol. The van der Waals surface area contributed by atoms with Crippen LogP contribution in [0.2, 0.25) is 0 Å². The van der Waals surface area contributed by atoms with Gasteiger partial charge in [0.05, 0.1) is 12.4 Å². The molecular weight excluding hydrogens is 359 g/mol. The first-order valence-electron chi connectivity index (χ1n) is 10.6. The van der Waals surface area contributed by atoms with Crippen LogP contribution in [-0.2, 0) is 14.9 Å². The number of unbranched alkanes of at least 4 members (excludes halogenated alkanes) is 15. The Morgan fingerprint density at radius 1 is 0.615 bits per heavy atom. The standard InChI is InChI=1S/C20H42O4S.Na.H/c1-2-3-4-5-6-7-8-9-10-11-12-13-14-15-16-17-18-24-19-20-25(21,22)23;;/h2-20H2,1H3,(H,21,22,23);;. The second-order valence-corrected chi connectivity index (χ2v) is 8.77. The zero-order valence-electron chi connectivity index (χ0n) is 16.5. The first-order chi connectivity index (χ1) is 12.1. The fourth-order valence-corrected chi connectivity index (χ4v) is 3.35. The molecule has 0 atom stereocenters. The fraction of sp³-hybridized carbons (Fsp3) is 1.00. The molecular formula is C20H43NaO4S. The molecule has 0 radical (unpaired) electrons. The van der Waals surface area contributed by atoms with Gasteiger partial charge in [-0.3, -0.25) is 4.55 Å². The van der Waals surface area contributed by atoms with E-state index < -0.39 is 10.1 Å². The van der Waals surface area contributed by atoms with E-state index in [1.165, 1.54) is 89.9 Å². The maximum absolute atomic E-state index is 10.5. The van der Waals surface area contributed by atoms with E-state index in [-0.39, 0.29) is 41.9 Å². The van der Waals surface area contributed by atoms with E-state index >= 15 is 0 Å². The molecule has 26 heavy (non-hydrogen) atoms. The van der Waals surface area contributed by atoms with Gasteiger partial charge in [0.15, 0.2) is 0 Å². The summed E-state index contributed by atoms with van der Waals surface area (Å²) in [5, 5.41) is 0. The zero-order valence-corrected chi connectivity index (χ0v) is 17.3.